The molecular formula is C17H12Cl3N3O3. The zero-order valence-corrected chi connectivity index (χ0v) is 15.6. The number of aromatic nitrogens is 2. The van der Waals surface area contributed by atoms with Crippen molar-refractivity contribution < 1.29 is 9.53 Å². The molecule has 0 aliphatic rings. The summed E-state index contributed by atoms with van der Waals surface area (Å²) in [7, 11) is 1.63. The van der Waals surface area contributed by atoms with Crippen molar-refractivity contribution in [3.05, 3.63) is 59.1 Å². The number of fused-ring (bicyclic) bond motifs is 1. The normalized spacial score (nSPS) is 11.4. The molecule has 0 bridgehead atoms. The maximum Gasteiger partial charge on any atom is 0.276 e. The van der Waals surface area contributed by atoms with Crippen molar-refractivity contribution in [1.29, 1.82) is 0 Å². The first-order valence-corrected chi connectivity index (χ1v) is 8.49. The third-order valence-electron chi connectivity index (χ3n) is 3.49. The Morgan fingerprint density at radius 3 is 2.42 bits per heavy atom. The number of nitrogens with one attached hydrogen (secondary N) is 1. The van der Waals surface area contributed by atoms with Crippen LogP contribution >= 0.6 is 34.8 Å². The summed E-state index contributed by atoms with van der Waals surface area (Å²) in [5.41, 5.74) is 0.876. The van der Waals surface area contributed by atoms with Gasteiger partial charge in [0, 0.05) is 12.7 Å². The summed E-state index contributed by atoms with van der Waals surface area (Å²) >= 11 is 16.5. The zero-order valence-electron chi connectivity index (χ0n) is 13.4. The highest BCUT2D eigenvalue weighted by atomic mass is 35.6. The van der Waals surface area contributed by atoms with Crippen molar-refractivity contribution in [2.24, 2.45) is 7.05 Å². The van der Waals surface area contributed by atoms with Crippen LogP contribution in [0.15, 0.2) is 53.6 Å². The summed E-state index contributed by atoms with van der Waals surface area (Å²) in [6.07, 6.45) is 1.47. The summed E-state index contributed by atoms with van der Waals surface area (Å²) in [5.74, 6) is 0.242. The number of carbonyl (C=O) groups is 1. The third kappa shape index (κ3) is 4.09. The largest absolute Gasteiger partial charge is 0.457 e. The Labute approximate surface area is 163 Å². The second kappa shape index (κ2) is 7.15. The molecule has 3 aromatic rings. The number of halogens is 3. The lowest BCUT2D eigenvalue weighted by molar-refractivity contribution is -0.115. The number of ether oxygens (including phenoxy) is 1. The van der Waals surface area contributed by atoms with Crippen LogP contribution in [0.3, 0.4) is 0 Å². The van der Waals surface area contributed by atoms with E-state index in [2.05, 4.69) is 10.3 Å². The minimum atomic E-state index is -2.04. The van der Waals surface area contributed by atoms with Crippen molar-refractivity contribution >= 4 is 57.3 Å². The molecule has 0 fully saturated rings. The minimum Gasteiger partial charge on any atom is -0.457 e. The predicted molar refractivity (Wildman–Crippen MR) is 102 cm³/mol. The number of amides is 1. The SMILES string of the molecule is Cn1cnc2ccc(Oc3ccc(NC(=O)C(Cl)(Cl)Cl)cc3)cc2c1=O. The molecular weight excluding hydrogens is 401 g/mol. The molecule has 3 rings (SSSR count). The highest BCUT2D eigenvalue weighted by Crippen LogP contribution is 2.29. The highest BCUT2D eigenvalue weighted by Gasteiger charge is 2.30. The van der Waals surface area contributed by atoms with Gasteiger partial charge in [0.25, 0.3) is 15.3 Å². The Morgan fingerprint density at radius 2 is 1.77 bits per heavy atom. The Morgan fingerprint density at radius 1 is 1.12 bits per heavy atom. The molecule has 0 unspecified atom stereocenters. The summed E-state index contributed by atoms with van der Waals surface area (Å²) in [6, 6.07) is 11.5. The number of anilines is 1. The molecule has 9 heteroatoms. The van der Waals surface area contributed by atoms with E-state index in [1.54, 1.807) is 49.5 Å². The van der Waals surface area contributed by atoms with Crippen LogP contribution in [0.1, 0.15) is 0 Å². The molecule has 1 aromatic heterocycles. The molecule has 0 atom stereocenters. The molecule has 1 amide bonds. The molecule has 1 heterocycles. The number of alkyl halides is 3. The monoisotopic (exact) mass is 411 g/mol. The van der Waals surface area contributed by atoms with Gasteiger partial charge in [0.15, 0.2) is 0 Å². The van der Waals surface area contributed by atoms with E-state index in [4.69, 9.17) is 39.5 Å². The number of carbonyl (C=O) groups excluding carboxylic acids is 1. The lowest BCUT2D eigenvalue weighted by atomic mass is 10.2. The molecule has 0 aliphatic heterocycles. The van der Waals surface area contributed by atoms with Gasteiger partial charge in [-0.3, -0.25) is 9.59 Å². The fourth-order valence-electron chi connectivity index (χ4n) is 2.20. The van der Waals surface area contributed by atoms with E-state index in [0.717, 1.165) is 0 Å². The van der Waals surface area contributed by atoms with Gasteiger partial charge < -0.3 is 14.6 Å². The van der Waals surface area contributed by atoms with Gasteiger partial charge in [0.05, 0.1) is 17.2 Å². The minimum absolute atomic E-state index is 0.162. The fourth-order valence-corrected chi connectivity index (χ4v) is 2.34. The standard InChI is InChI=1S/C17H12Cl3N3O3/c1-23-9-21-14-7-6-12(8-13(14)15(23)24)26-11-4-2-10(3-5-11)22-16(25)17(18,19)20/h2-9H,1H3,(H,22,25). The topological polar surface area (TPSA) is 73.2 Å². The van der Waals surface area contributed by atoms with Gasteiger partial charge >= 0.3 is 0 Å². The van der Waals surface area contributed by atoms with Gasteiger partial charge in [-0.1, -0.05) is 34.8 Å². The number of benzene rings is 2. The first-order chi connectivity index (χ1) is 12.2. The van der Waals surface area contributed by atoms with E-state index in [0.29, 0.717) is 28.1 Å². The van der Waals surface area contributed by atoms with Gasteiger partial charge in [-0.2, -0.15) is 0 Å². The number of aryl methyl sites for hydroxylation is 1. The lowest BCUT2D eigenvalue weighted by Gasteiger charge is -2.12. The quantitative estimate of drug-likeness (QED) is 0.659. The van der Waals surface area contributed by atoms with Gasteiger partial charge in [-0.15, -0.1) is 0 Å². The average Bonchev–Trinajstić information content (AvgIpc) is 2.59. The van der Waals surface area contributed by atoms with Crippen molar-refractivity contribution in [2.45, 2.75) is 3.79 Å². The molecule has 0 saturated heterocycles. The molecule has 1 N–H and O–H groups in total. The van der Waals surface area contributed by atoms with Gasteiger partial charge in [0.2, 0.25) is 0 Å². The van der Waals surface area contributed by atoms with Crippen LogP contribution in [0.25, 0.3) is 10.9 Å². The first kappa shape index (κ1) is 18.5. The second-order valence-electron chi connectivity index (χ2n) is 5.42. The maximum absolute atomic E-state index is 12.2. The van der Waals surface area contributed by atoms with Crippen LogP contribution in [0, 0.1) is 0 Å². The summed E-state index contributed by atoms with van der Waals surface area (Å²) < 4.78 is 5.10. The Kier molecular flexibility index (Phi) is 5.09. The number of rotatable bonds is 3. The Bertz CT molecular complexity index is 1030. The van der Waals surface area contributed by atoms with Crippen LogP contribution in [-0.2, 0) is 11.8 Å². The van der Waals surface area contributed by atoms with Crippen LogP contribution in [0.2, 0.25) is 0 Å². The molecule has 0 spiro atoms. The zero-order chi connectivity index (χ0) is 18.9. The van der Waals surface area contributed by atoms with E-state index >= 15 is 0 Å². The Balaban J connectivity index is 1.79. The lowest BCUT2D eigenvalue weighted by Crippen LogP contribution is -2.26. The number of hydrogen-bond donors (Lipinski definition) is 1. The first-order valence-electron chi connectivity index (χ1n) is 7.35. The smallest absolute Gasteiger partial charge is 0.276 e. The summed E-state index contributed by atoms with van der Waals surface area (Å²) in [4.78, 5) is 28.0. The molecule has 26 heavy (non-hydrogen) atoms. The highest BCUT2D eigenvalue weighted by molar-refractivity contribution is 6.76. The van der Waals surface area contributed by atoms with Gasteiger partial charge in [-0.05, 0) is 42.5 Å². The molecule has 2 aromatic carbocycles. The van der Waals surface area contributed by atoms with Crippen molar-refractivity contribution in [3.8, 4) is 11.5 Å². The molecule has 6 nitrogen and oxygen atoms in total. The summed E-state index contributed by atoms with van der Waals surface area (Å²) in [5, 5.41) is 2.93. The van der Waals surface area contributed by atoms with E-state index in [1.165, 1.54) is 10.9 Å². The molecule has 0 aliphatic carbocycles. The molecule has 134 valence electrons. The van der Waals surface area contributed by atoms with Crippen LogP contribution in [-0.4, -0.2) is 19.3 Å². The maximum atomic E-state index is 12.2. The fraction of sp³-hybridized carbons (Fsp3) is 0.118. The van der Waals surface area contributed by atoms with Crippen LogP contribution < -0.4 is 15.6 Å². The van der Waals surface area contributed by atoms with E-state index in [9.17, 15) is 9.59 Å². The third-order valence-corrected chi connectivity index (χ3v) is 4.01. The van der Waals surface area contributed by atoms with Crippen molar-refractivity contribution in [3.63, 3.8) is 0 Å². The van der Waals surface area contributed by atoms with E-state index in [1.807, 2.05) is 0 Å². The molecule has 0 saturated carbocycles. The number of hydrogen-bond acceptors (Lipinski definition) is 4. The number of nitrogens with zero attached hydrogens (tertiary/aromatic N) is 2. The van der Waals surface area contributed by atoms with Crippen molar-refractivity contribution in [2.75, 3.05) is 5.32 Å². The Hall–Kier alpha value is -2.28. The van der Waals surface area contributed by atoms with E-state index in [-0.39, 0.29) is 5.56 Å². The van der Waals surface area contributed by atoms with E-state index < -0.39 is 9.70 Å². The van der Waals surface area contributed by atoms with Gasteiger partial charge in [-0.25, -0.2) is 4.98 Å². The average molecular weight is 413 g/mol. The predicted octanol–water partition coefficient (Wildman–Crippen LogP) is 4.03. The van der Waals surface area contributed by atoms with Crippen LogP contribution in [0.5, 0.6) is 11.5 Å². The van der Waals surface area contributed by atoms with Gasteiger partial charge in [0.1, 0.15) is 11.5 Å². The molecule has 0 radical (unpaired) electrons. The van der Waals surface area contributed by atoms with Crippen LogP contribution in [0.4, 0.5) is 5.69 Å². The summed E-state index contributed by atoms with van der Waals surface area (Å²) in [6.45, 7) is 0. The van der Waals surface area contributed by atoms with Crippen molar-refractivity contribution in [1.82, 2.24) is 9.55 Å². The second-order valence-corrected chi connectivity index (χ2v) is 7.70.